The number of benzene rings is 3. The Bertz CT molecular complexity index is 1060. The van der Waals surface area contributed by atoms with Gasteiger partial charge in [0.2, 0.25) is 5.91 Å². The number of carbonyl (C=O) groups excluding carboxylic acids is 2. The topological polar surface area (TPSA) is 75.4 Å². The fraction of sp³-hybridized carbons (Fsp3) is 0.259. The maximum Gasteiger partial charge on any atom is 0.254 e. The largest absolute Gasteiger partial charge is 0.339 e. The van der Waals surface area contributed by atoms with Crippen molar-refractivity contribution in [1.82, 2.24) is 5.32 Å². The molecule has 1 atom stereocenters. The molecule has 2 amide bonds. The Morgan fingerprint density at radius 2 is 1.59 bits per heavy atom. The van der Waals surface area contributed by atoms with Crippen LogP contribution in [0, 0.1) is 20.8 Å². The van der Waals surface area contributed by atoms with Gasteiger partial charge in [0, 0.05) is 12.2 Å². The minimum atomic E-state index is -0.813. The zero-order valence-electron chi connectivity index (χ0n) is 19.0. The Balaban J connectivity index is 1.96. The molecule has 3 N–H and O–H groups in total. The van der Waals surface area contributed by atoms with Crippen LogP contribution in [0.4, 0.5) is 5.69 Å². The van der Waals surface area contributed by atoms with E-state index in [2.05, 4.69) is 36.5 Å². The second-order valence-corrected chi connectivity index (χ2v) is 8.11. The number of carbonyl (C=O) groups is 2. The molecule has 0 fully saturated rings. The summed E-state index contributed by atoms with van der Waals surface area (Å²) in [6, 6.07) is 22.8. The number of nitrogens with two attached hydrogens (primary N) is 1. The minimum Gasteiger partial charge on any atom is -0.339 e. The van der Waals surface area contributed by atoms with Gasteiger partial charge in [0.05, 0.1) is 6.54 Å². The van der Waals surface area contributed by atoms with E-state index < -0.39 is 6.04 Å². The molecule has 32 heavy (non-hydrogen) atoms. The number of hydrogen-bond donors (Lipinski definition) is 2. The minimum absolute atomic E-state index is 0.177. The van der Waals surface area contributed by atoms with Crippen LogP contribution in [0.3, 0.4) is 0 Å². The van der Waals surface area contributed by atoms with Crippen molar-refractivity contribution in [3.63, 3.8) is 0 Å². The molecule has 0 saturated carbocycles. The SMILES string of the molecule is Cc1ccc(CCN(C(=O)[C@H](NC(=O)CN)c2ccccc2)c2ccc(C)c(C)c2)cc1. The van der Waals surface area contributed by atoms with Gasteiger partial charge in [-0.2, -0.15) is 0 Å². The normalized spacial score (nSPS) is 11.6. The van der Waals surface area contributed by atoms with Crippen LogP contribution < -0.4 is 16.0 Å². The fourth-order valence-corrected chi connectivity index (χ4v) is 3.56. The predicted molar refractivity (Wildman–Crippen MR) is 130 cm³/mol. The van der Waals surface area contributed by atoms with Gasteiger partial charge in [-0.05, 0) is 61.6 Å². The molecule has 166 valence electrons. The van der Waals surface area contributed by atoms with Gasteiger partial charge >= 0.3 is 0 Å². The van der Waals surface area contributed by atoms with Crippen LogP contribution >= 0.6 is 0 Å². The van der Waals surface area contributed by atoms with E-state index in [-0.39, 0.29) is 18.4 Å². The first-order chi connectivity index (χ1) is 15.4. The molecule has 0 aliphatic heterocycles. The molecule has 0 spiro atoms. The second-order valence-electron chi connectivity index (χ2n) is 8.11. The van der Waals surface area contributed by atoms with Gasteiger partial charge in [0.15, 0.2) is 0 Å². The molecule has 5 nitrogen and oxygen atoms in total. The van der Waals surface area contributed by atoms with Crippen molar-refractivity contribution < 1.29 is 9.59 Å². The predicted octanol–water partition coefficient (Wildman–Crippen LogP) is 4.00. The third-order valence-corrected chi connectivity index (χ3v) is 5.68. The van der Waals surface area contributed by atoms with Gasteiger partial charge in [-0.1, -0.05) is 66.2 Å². The van der Waals surface area contributed by atoms with Crippen molar-refractivity contribution in [2.24, 2.45) is 5.73 Å². The van der Waals surface area contributed by atoms with E-state index in [1.165, 1.54) is 5.56 Å². The zero-order chi connectivity index (χ0) is 23.1. The lowest BCUT2D eigenvalue weighted by atomic mass is 10.0. The summed E-state index contributed by atoms with van der Waals surface area (Å²) in [6.07, 6.45) is 0.700. The number of aryl methyl sites for hydroxylation is 3. The second kappa shape index (κ2) is 10.7. The monoisotopic (exact) mass is 429 g/mol. The van der Waals surface area contributed by atoms with E-state index in [1.807, 2.05) is 62.4 Å². The molecule has 0 unspecified atom stereocenters. The molecule has 3 aromatic rings. The van der Waals surface area contributed by atoms with Gasteiger partial charge in [-0.3, -0.25) is 9.59 Å². The summed E-state index contributed by atoms with van der Waals surface area (Å²) in [7, 11) is 0. The van der Waals surface area contributed by atoms with Crippen LogP contribution in [0.2, 0.25) is 0 Å². The van der Waals surface area contributed by atoms with Crippen LogP contribution in [0.25, 0.3) is 0 Å². The van der Waals surface area contributed by atoms with E-state index in [9.17, 15) is 9.59 Å². The highest BCUT2D eigenvalue weighted by molar-refractivity contribution is 6.00. The molecule has 3 aromatic carbocycles. The van der Waals surface area contributed by atoms with E-state index in [0.717, 1.165) is 27.9 Å². The van der Waals surface area contributed by atoms with Crippen molar-refractivity contribution in [2.75, 3.05) is 18.0 Å². The Morgan fingerprint density at radius 1 is 0.906 bits per heavy atom. The number of nitrogens with one attached hydrogen (secondary N) is 1. The summed E-state index contributed by atoms with van der Waals surface area (Å²) in [6.45, 7) is 6.45. The third-order valence-electron chi connectivity index (χ3n) is 5.68. The first kappa shape index (κ1) is 23.2. The summed E-state index contributed by atoms with van der Waals surface area (Å²) < 4.78 is 0. The molecule has 0 aliphatic carbocycles. The number of amides is 2. The van der Waals surface area contributed by atoms with Crippen molar-refractivity contribution in [2.45, 2.75) is 33.2 Å². The Kier molecular flexibility index (Phi) is 7.79. The fourth-order valence-electron chi connectivity index (χ4n) is 3.56. The van der Waals surface area contributed by atoms with Crippen LogP contribution in [0.1, 0.15) is 33.9 Å². The number of rotatable bonds is 8. The van der Waals surface area contributed by atoms with E-state index in [4.69, 9.17) is 5.73 Å². The summed E-state index contributed by atoms with van der Waals surface area (Å²) in [4.78, 5) is 27.8. The van der Waals surface area contributed by atoms with Gasteiger partial charge < -0.3 is 16.0 Å². The zero-order valence-corrected chi connectivity index (χ0v) is 19.0. The van der Waals surface area contributed by atoms with Crippen LogP contribution in [-0.4, -0.2) is 24.9 Å². The number of nitrogens with zero attached hydrogens (tertiary/aromatic N) is 1. The maximum absolute atomic E-state index is 13.8. The Hall–Kier alpha value is -3.44. The van der Waals surface area contributed by atoms with Gasteiger partial charge in [0.25, 0.3) is 5.91 Å². The average Bonchev–Trinajstić information content (AvgIpc) is 2.81. The smallest absolute Gasteiger partial charge is 0.254 e. The molecule has 0 radical (unpaired) electrons. The van der Waals surface area contributed by atoms with E-state index in [0.29, 0.717) is 13.0 Å². The number of hydrogen-bond acceptors (Lipinski definition) is 3. The lowest BCUT2D eigenvalue weighted by molar-refractivity contribution is -0.127. The average molecular weight is 430 g/mol. The molecular formula is C27H31N3O2. The lowest BCUT2D eigenvalue weighted by Crippen LogP contribution is -2.45. The van der Waals surface area contributed by atoms with Crippen LogP contribution in [0.5, 0.6) is 0 Å². The molecule has 0 aliphatic rings. The summed E-state index contributed by atoms with van der Waals surface area (Å²) in [5.41, 5.74) is 11.7. The van der Waals surface area contributed by atoms with Crippen LogP contribution in [-0.2, 0) is 16.0 Å². The van der Waals surface area contributed by atoms with Gasteiger partial charge in [-0.15, -0.1) is 0 Å². The highest BCUT2D eigenvalue weighted by Crippen LogP contribution is 2.24. The van der Waals surface area contributed by atoms with Crippen molar-refractivity contribution in [3.8, 4) is 0 Å². The molecule has 0 bridgehead atoms. The van der Waals surface area contributed by atoms with Gasteiger partial charge in [0.1, 0.15) is 6.04 Å². The molecule has 0 saturated heterocycles. The Labute approximate surface area is 190 Å². The quantitative estimate of drug-likeness (QED) is 0.568. The van der Waals surface area contributed by atoms with Crippen molar-refractivity contribution >= 4 is 17.5 Å². The molecule has 3 rings (SSSR count). The highest BCUT2D eigenvalue weighted by Gasteiger charge is 2.28. The molecule has 0 heterocycles. The van der Waals surface area contributed by atoms with Crippen molar-refractivity contribution in [3.05, 3.63) is 101 Å². The standard InChI is InChI=1S/C27H31N3O2/c1-19-9-12-22(13-10-19)15-16-30(24-14-11-20(2)21(3)17-24)27(32)26(29-25(31)18-28)23-7-5-4-6-8-23/h4-14,17,26H,15-16,18,28H2,1-3H3,(H,29,31)/t26-/m1/s1. The van der Waals surface area contributed by atoms with E-state index in [1.54, 1.807) is 4.90 Å². The summed E-state index contributed by atoms with van der Waals surface area (Å²) >= 11 is 0. The lowest BCUT2D eigenvalue weighted by Gasteiger charge is -2.29. The van der Waals surface area contributed by atoms with Gasteiger partial charge in [-0.25, -0.2) is 0 Å². The Morgan fingerprint density at radius 3 is 2.22 bits per heavy atom. The first-order valence-corrected chi connectivity index (χ1v) is 10.9. The van der Waals surface area contributed by atoms with Crippen LogP contribution in [0.15, 0.2) is 72.8 Å². The third kappa shape index (κ3) is 5.83. The molecule has 5 heteroatoms. The molecular weight excluding hydrogens is 398 g/mol. The summed E-state index contributed by atoms with van der Waals surface area (Å²) in [5.74, 6) is -0.556. The first-order valence-electron chi connectivity index (χ1n) is 10.9. The number of anilines is 1. The highest BCUT2D eigenvalue weighted by atomic mass is 16.2. The summed E-state index contributed by atoms with van der Waals surface area (Å²) in [5, 5.41) is 2.81. The maximum atomic E-state index is 13.8. The van der Waals surface area contributed by atoms with E-state index >= 15 is 0 Å². The van der Waals surface area contributed by atoms with Crippen molar-refractivity contribution in [1.29, 1.82) is 0 Å². The molecule has 0 aromatic heterocycles.